The summed E-state index contributed by atoms with van der Waals surface area (Å²) >= 11 is 5.49. The summed E-state index contributed by atoms with van der Waals surface area (Å²) in [5, 5.41) is 4.21. The average molecular weight is 302 g/mol. The Morgan fingerprint density at radius 1 is 1.48 bits per heavy atom. The van der Waals surface area contributed by atoms with Crippen LogP contribution in [0.4, 0.5) is 0 Å². The van der Waals surface area contributed by atoms with E-state index in [9.17, 15) is 0 Å². The highest BCUT2D eigenvalue weighted by Crippen LogP contribution is 2.26. The molecule has 5 heteroatoms. The number of nitrogens with one attached hydrogen (secondary N) is 2. The number of H-pyrrole nitrogens is 1. The number of hydrogen-bond donors (Lipinski definition) is 2. The molecule has 1 aromatic carbocycles. The van der Waals surface area contributed by atoms with E-state index in [4.69, 9.17) is 17.2 Å². The van der Waals surface area contributed by atoms with E-state index in [1.54, 1.807) is 0 Å². The highest BCUT2D eigenvalue weighted by atomic mass is 32.1. The molecule has 0 unspecified atom stereocenters. The molecular weight excluding hydrogens is 280 g/mol. The largest absolute Gasteiger partial charge is 0.363 e. The molecular formula is C16H22N4S. The van der Waals surface area contributed by atoms with Crippen LogP contribution in [0.3, 0.4) is 0 Å². The molecule has 2 aromatic rings. The lowest BCUT2D eigenvalue weighted by Gasteiger charge is -2.33. The van der Waals surface area contributed by atoms with Gasteiger partial charge in [0.25, 0.3) is 0 Å². The first kappa shape index (κ1) is 14.3. The first-order valence-corrected chi connectivity index (χ1v) is 8.16. The van der Waals surface area contributed by atoms with E-state index in [1.165, 1.54) is 6.42 Å². The van der Waals surface area contributed by atoms with Gasteiger partial charge in [-0.15, -0.1) is 0 Å². The Hall–Kier alpha value is -1.62. The van der Waals surface area contributed by atoms with Crippen LogP contribution in [0.5, 0.6) is 0 Å². The number of nitrogens with zero attached hydrogens (tertiary/aromatic N) is 2. The van der Waals surface area contributed by atoms with Crippen molar-refractivity contribution in [3.63, 3.8) is 0 Å². The molecule has 0 bridgehead atoms. The van der Waals surface area contributed by atoms with Crippen LogP contribution in [0.1, 0.15) is 37.9 Å². The standard InChI is InChI=1S/C16H22N4S/c1-2-9-17-16(21)20-10-5-6-12(11-20)15-18-13-7-3-4-8-14(13)19-15/h3-4,7-8,12H,2,5-6,9-11H2,1H3,(H,17,21)(H,18,19)/t12-/m1/s1. The van der Waals surface area contributed by atoms with Gasteiger partial charge in [0.1, 0.15) is 5.82 Å². The summed E-state index contributed by atoms with van der Waals surface area (Å²) in [7, 11) is 0. The number of aromatic nitrogens is 2. The summed E-state index contributed by atoms with van der Waals surface area (Å²) in [5.41, 5.74) is 2.17. The smallest absolute Gasteiger partial charge is 0.168 e. The van der Waals surface area contributed by atoms with Crippen molar-refractivity contribution in [3.8, 4) is 0 Å². The highest BCUT2D eigenvalue weighted by molar-refractivity contribution is 7.80. The third kappa shape index (κ3) is 3.18. The molecule has 1 aliphatic heterocycles. The Kier molecular flexibility index (Phi) is 4.39. The summed E-state index contributed by atoms with van der Waals surface area (Å²) in [4.78, 5) is 10.5. The molecule has 2 heterocycles. The average Bonchev–Trinajstić information content (AvgIpc) is 2.97. The van der Waals surface area contributed by atoms with Crippen LogP contribution in [-0.4, -0.2) is 39.6 Å². The fourth-order valence-electron chi connectivity index (χ4n) is 2.89. The molecule has 21 heavy (non-hydrogen) atoms. The molecule has 112 valence electrons. The molecule has 0 spiro atoms. The highest BCUT2D eigenvalue weighted by Gasteiger charge is 2.25. The van der Waals surface area contributed by atoms with Crippen LogP contribution in [0.25, 0.3) is 11.0 Å². The summed E-state index contributed by atoms with van der Waals surface area (Å²) < 4.78 is 0. The normalized spacial score (nSPS) is 18.9. The topological polar surface area (TPSA) is 44.0 Å². The third-order valence-corrected chi connectivity index (χ3v) is 4.43. The predicted octanol–water partition coefficient (Wildman–Crippen LogP) is 3.03. The molecule has 1 atom stereocenters. The quantitative estimate of drug-likeness (QED) is 0.856. The lowest BCUT2D eigenvalue weighted by Crippen LogP contribution is -2.45. The monoisotopic (exact) mass is 302 g/mol. The zero-order valence-corrected chi connectivity index (χ0v) is 13.2. The number of thiocarbonyl (C=S) groups is 1. The molecule has 1 aliphatic rings. The number of fused-ring (bicyclic) bond motifs is 1. The molecule has 1 aromatic heterocycles. The van der Waals surface area contributed by atoms with Gasteiger partial charge in [-0.1, -0.05) is 19.1 Å². The number of likely N-dealkylation sites (tertiary alicyclic amines) is 1. The Balaban J connectivity index is 1.72. The first-order chi connectivity index (χ1) is 10.3. The number of para-hydroxylation sites is 2. The van der Waals surface area contributed by atoms with Gasteiger partial charge < -0.3 is 15.2 Å². The maximum Gasteiger partial charge on any atom is 0.168 e. The summed E-state index contributed by atoms with van der Waals surface area (Å²) in [6.07, 6.45) is 3.43. The lowest BCUT2D eigenvalue weighted by molar-refractivity contribution is 0.300. The minimum atomic E-state index is 0.438. The maximum atomic E-state index is 5.49. The second-order valence-corrected chi connectivity index (χ2v) is 6.04. The van der Waals surface area contributed by atoms with Gasteiger partial charge in [-0.05, 0) is 43.6 Å². The molecule has 0 aliphatic carbocycles. The number of rotatable bonds is 3. The van der Waals surface area contributed by atoms with E-state index in [2.05, 4.69) is 34.3 Å². The van der Waals surface area contributed by atoms with Gasteiger partial charge in [0.2, 0.25) is 0 Å². The van der Waals surface area contributed by atoms with Gasteiger partial charge in [0, 0.05) is 25.6 Å². The van der Waals surface area contributed by atoms with E-state index in [0.717, 1.165) is 54.4 Å². The maximum absolute atomic E-state index is 5.49. The summed E-state index contributed by atoms with van der Waals surface area (Å²) in [6, 6.07) is 8.22. The summed E-state index contributed by atoms with van der Waals surface area (Å²) in [5.74, 6) is 1.53. The molecule has 0 saturated carbocycles. The molecule has 3 rings (SSSR count). The Morgan fingerprint density at radius 2 is 2.33 bits per heavy atom. The van der Waals surface area contributed by atoms with E-state index < -0.39 is 0 Å². The van der Waals surface area contributed by atoms with Crippen LogP contribution >= 0.6 is 12.2 Å². The van der Waals surface area contributed by atoms with Crippen LogP contribution < -0.4 is 5.32 Å². The Morgan fingerprint density at radius 3 is 3.14 bits per heavy atom. The molecule has 0 amide bonds. The van der Waals surface area contributed by atoms with Crippen molar-refractivity contribution in [1.29, 1.82) is 0 Å². The number of imidazole rings is 1. The van der Waals surface area contributed by atoms with Crippen LogP contribution in [0, 0.1) is 0 Å². The molecule has 2 N–H and O–H groups in total. The van der Waals surface area contributed by atoms with Crippen LogP contribution in [0.2, 0.25) is 0 Å². The van der Waals surface area contributed by atoms with Gasteiger partial charge >= 0.3 is 0 Å². The predicted molar refractivity (Wildman–Crippen MR) is 90.5 cm³/mol. The fourth-order valence-corrected chi connectivity index (χ4v) is 3.16. The molecule has 1 saturated heterocycles. The van der Waals surface area contributed by atoms with Crippen molar-refractivity contribution in [1.82, 2.24) is 20.2 Å². The zero-order chi connectivity index (χ0) is 14.7. The number of benzene rings is 1. The van der Waals surface area contributed by atoms with Gasteiger partial charge in [-0.3, -0.25) is 0 Å². The van der Waals surface area contributed by atoms with E-state index in [0.29, 0.717) is 5.92 Å². The Labute approximate surface area is 130 Å². The van der Waals surface area contributed by atoms with Gasteiger partial charge in [-0.2, -0.15) is 0 Å². The number of aromatic amines is 1. The van der Waals surface area contributed by atoms with E-state index >= 15 is 0 Å². The van der Waals surface area contributed by atoms with Crippen molar-refractivity contribution >= 4 is 28.4 Å². The molecule has 0 radical (unpaired) electrons. The second-order valence-electron chi connectivity index (χ2n) is 5.66. The van der Waals surface area contributed by atoms with E-state index in [-0.39, 0.29) is 0 Å². The Bertz CT molecular complexity index is 589. The van der Waals surface area contributed by atoms with Crippen molar-refractivity contribution in [3.05, 3.63) is 30.1 Å². The SMILES string of the molecule is CCCNC(=S)N1CCC[C@@H](c2nc3ccccc3[nH]2)C1. The van der Waals surface area contributed by atoms with Gasteiger partial charge in [-0.25, -0.2) is 4.98 Å². The van der Waals surface area contributed by atoms with Gasteiger partial charge in [0.15, 0.2) is 5.11 Å². The number of hydrogen-bond acceptors (Lipinski definition) is 2. The fraction of sp³-hybridized carbons (Fsp3) is 0.500. The molecule has 1 fully saturated rings. The third-order valence-electron chi connectivity index (χ3n) is 4.03. The minimum absolute atomic E-state index is 0.438. The number of piperidine rings is 1. The second kappa shape index (κ2) is 6.43. The van der Waals surface area contributed by atoms with Crippen molar-refractivity contribution < 1.29 is 0 Å². The molecule has 4 nitrogen and oxygen atoms in total. The van der Waals surface area contributed by atoms with Gasteiger partial charge in [0.05, 0.1) is 11.0 Å². The lowest BCUT2D eigenvalue weighted by atomic mass is 9.98. The van der Waals surface area contributed by atoms with E-state index in [1.807, 2.05) is 12.1 Å². The van der Waals surface area contributed by atoms with Crippen LogP contribution in [0.15, 0.2) is 24.3 Å². The van der Waals surface area contributed by atoms with Crippen LogP contribution in [-0.2, 0) is 0 Å². The van der Waals surface area contributed by atoms with Crippen molar-refractivity contribution in [2.75, 3.05) is 19.6 Å². The first-order valence-electron chi connectivity index (χ1n) is 7.75. The zero-order valence-electron chi connectivity index (χ0n) is 12.4. The van der Waals surface area contributed by atoms with Crippen molar-refractivity contribution in [2.24, 2.45) is 0 Å². The van der Waals surface area contributed by atoms with Crippen molar-refractivity contribution in [2.45, 2.75) is 32.1 Å². The minimum Gasteiger partial charge on any atom is -0.363 e. The summed E-state index contributed by atoms with van der Waals surface area (Å²) in [6.45, 7) is 5.11.